The van der Waals surface area contributed by atoms with E-state index in [1.54, 1.807) is 5.43 Å². The van der Waals surface area contributed by atoms with E-state index in [0.717, 1.165) is 0 Å². The Morgan fingerprint density at radius 2 is 1.48 bits per heavy atom. The number of phenolic OH excluding ortho intramolecular Hbond substituents is 1. The van der Waals surface area contributed by atoms with Gasteiger partial charge in [0.2, 0.25) is 5.82 Å². The van der Waals surface area contributed by atoms with Crippen molar-refractivity contribution in [3.8, 4) is 5.75 Å². The normalized spacial score (nSPS) is 11.0. The van der Waals surface area contributed by atoms with E-state index in [9.17, 15) is 31.9 Å². The summed E-state index contributed by atoms with van der Waals surface area (Å²) in [7, 11) is 0. The van der Waals surface area contributed by atoms with Gasteiger partial charge >= 0.3 is 0 Å². The first kappa shape index (κ1) is 16.4. The number of nitrogens with one attached hydrogen (secondary N) is 1. The summed E-state index contributed by atoms with van der Waals surface area (Å²) in [6.07, 6.45) is 0.272. The Morgan fingerprint density at radius 3 is 2.04 bits per heavy atom. The van der Waals surface area contributed by atoms with Crippen LogP contribution in [0.1, 0.15) is 15.9 Å². The Kier molecular flexibility index (Phi) is 4.58. The second-order valence-corrected chi connectivity index (χ2v) is 4.20. The molecule has 9 heteroatoms. The molecule has 2 aromatic carbocycles. The molecule has 0 bridgehead atoms. The third kappa shape index (κ3) is 3.12. The Morgan fingerprint density at radius 1 is 0.957 bits per heavy atom. The first-order valence-electron chi connectivity index (χ1n) is 5.97. The van der Waals surface area contributed by atoms with E-state index in [1.165, 1.54) is 24.3 Å². The van der Waals surface area contributed by atoms with Gasteiger partial charge in [-0.2, -0.15) is 5.10 Å². The maximum Gasteiger partial charge on any atom is 0.275 e. The number of carbonyl (C=O) groups excluding carboxylic acids is 1. The molecule has 0 fully saturated rings. The Labute approximate surface area is 125 Å². The molecular formula is C14H7F5N2O2. The number of aromatic hydroxyl groups is 1. The lowest BCUT2D eigenvalue weighted by Crippen LogP contribution is -2.18. The Balaban J connectivity index is 2.25. The van der Waals surface area contributed by atoms with Crippen LogP contribution >= 0.6 is 0 Å². The third-order valence-corrected chi connectivity index (χ3v) is 2.75. The highest BCUT2D eigenvalue weighted by Crippen LogP contribution is 2.21. The standard InChI is InChI=1S/C14H7F5N2O2/c15-9-7(10(16)12(18)13(19)11(9)17)5-20-21-14(23)6-3-1-2-4-8(6)22/h1-5,22H,(H,21,23)/b20-5+. The summed E-state index contributed by atoms with van der Waals surface area (Å²) >= 11 is 0. The zero-order valence-electron chi connectivity index (χ0n) is 11.1. The van der Waals surface area contributed by atoms with Gasteiger partial charge in [-0.1, -0.05) is 12.1 Å². The van der Waals surface area contributed by atoms with Gasteiger partial charge < -0.3 is 5.11 Å². The van der Waals surface area contributed by atoms with Crippen LogP contribution in [-0.4, -0.2) is 17.2 Å². The average molecular weight is 330 g/mol. The van der Waals surface area contributed by atoms with Crippen molar-refractivity contribution in [3.63, 3.8) is 0 Å². The van der Waals surface area contributed by atoms with Crippen LogP contribution in [0.2, 0.25) is 0 Å². The van der Waals surface area contributed by atoms with Crippen LogP contribution < -0.4 is 5.43 Å². The van der Waals surface area contributed by atoms with Crippen LogP contribution in [0.5, 0.6) is 5.75 Å². The molecule has 0 saturated heterocycles. The van der Waals surface area contributed by atoms with Gasteiger partial charge in [0, 0.05) is 0 Å². The van der Waals surface area contributed by atoms with E-state index in [0.29, 0.717) is 0 Å². The van der Waals surface area contributed by atoms with Crippen molar-refractivity contribution in [2.45, 2.75) is 0 Å². The predicted molar refractivity (Wildman–Crippen MR) is 69.4 cm³/mol. The number of hydrogen-bond acceptors (Lipinski definition) is 3. The van der Waals surface area contributed by atoms with Gasteiger partial charge in [0.05, 0.1) is 17.3 Å². The summed E-state index contributed by atoms with van der Waals surface area (Å²) < 4.78 is 65.5. The monoisotopic (exact) mass is 330 g/mol. The summed E-state index contributed by atoms with van der Waals surface area (Å²) in [4.78, 5) is 11.6. The summed E-state index contributed by atoms with van der Waals surface area (Å²) in [6.45, 7) is 0. The number of halogens is 5. The fourth-order valence-corrected chi connectivity index (χ4v) is 1.62. The lowest BCUT2D eigenvalue weighted by atomic mass is 10.2. The molecule has 4 nitrogen and oxygen atoms in total. The minimum absolute atomic E-state index is 0.193. The molecule has 1 amide bonds. The maximum atomic E-state index is 13.3. The van der Waals surface area contributed by atoms with Gasteiger partial charge in [0.15, 0.2) is 23.3 Å². The van der Waals surface area contributed by atoms with Crippen molar-refractivity contribution in [2.24, 2.45) is 5.10 Å². The van der Waals surface area contributed by atoms with E-state index < -0.39 is 40.6 Å². The highest BCUT2D eigenvalue weighted by Gasteiger charge is 2.24. The molecule has 120 valence electrons. The van der Waals surface area contributed by atoms with Gasteiger partial charge in [-0.15, -0.1) is 0 Å². The maximum absolute atomic E-state index is 13.3. The molecule has 2 rings (SSSR count). The van der Waals surface area contributed by atoms with Crippen molar-refractivity contribution in [1.82, 2.24) is 5.43 Å². The SMILES string of the molecule is O=C(N/N=C/c1c(F)c(F)c(F)c(F)c1F)c1ccccc1O. The summed E-state index contributed by atoms with van der Waals surface area (Å²) in [6, 6.07) is 5.33. The third-order valence-electron chi connectivity index (χ3n) is 2.75. The van der Waals surface area contributed by atoms with E-state index in [4.69, 9.17) is 0 Å². The smallest absolute Gasteiger partial charge is 0.275 e. The molecule has 0 aliphatic rings. The Bertz CT molecular complexity index is 779. The molecule has 0 unspecified atom stereocenters. The predicted octanol–water partition coefficient (Wildman–Crippen LogP) is 2.85. The quantitative estimate of drug-likeness (QED) is 0.299. The molecule has 0 saturated carbocycles. The van der Waals surface area contributed by atoms with Crippen molar-refractivity contribution in [3.05, 3.63) is 64.5 Å². The molecule has 0 aliphatic heterocycles. The highest BCUT2D eigenvalue weighted by atomic mass is 19.2. The van der Waals surface area contributed by atoms with Gasteiger partial charge in [0.1, 0.15) is 5.75 Å². The fraction of sp³-hybridized carbons (Fsp3) is 0. The van der Waals surface area contributed by atoms with E-state index in [-0.39, 0.29) is 17.5 Å². The lowest BCUT2D eigenvalue weighted by Gasteiger charge is -2.04. The van der Waals surface area contributed by atoms with E-state index >= 15 is 0 Å². The minimum atomic E-state index is -2.30. The first-order valence-corrected chi connectivity index (χ1v) is 5.97. The number of nitrogens with zero attached hydrogens (tertiary/aromatic N) is 1. The largest absolute Gasteiger partial charge is 0.507 e. The van der Waals surface area contributed by atoms with Crippen LogP contribution in [-0.2, 0) is 0 Å². The molecule has 0 aliphatic carbocycles. The molecule has 0 atom stereocenters. The second-order valence-electron chi connectivity index (χ2n) is 4.20. The number of phenols is 1. The number of para-hydroxylation sites is 1. The Hall–Kier alpha value is -2.97. The molecule has 0 spiro atoms. The lowest BCUT2D eigenvalue weighted by molar-refractivity contribution is 0.0952. The van der Waals surface area contributed by atoms with Crippen LogP contribution in [0.3, 0.4) is 0 Å². The van der Waals surface area contributed by atoms with E-state index in [1.807, 2.05) is 0 Å². The zero-order valence-corrected chi connectivity index (χ0v) is 11.1. The van der Waals surface area contributed by atoms with Crippen LogP contribution in [0.25, 0.3) is 0 Å². The molecule has 2 aromatic rings. The molecular weight excluding hydrogens is 323 g/mol. The summed E-state index contributed by atoms with van der Waals surface area (Å²) in [5.41, 5.74) is 0.296. The van der Waals surface area contributed by atoms with Gasteiger partial charge in [-0.25, -0.2) is 27.4 Å². The van der Waals surface area contributed by atoms with Crippen LogP contribution in [0.15, 0.2) is 29.4 Å². The minimum Gasteiger partial charge on any atom is -0.507 e. The first-order chi connectivity index (χ1) is 10.8. The number of benzene rings is 2. The van der Waals surface area contributed by atoms with Crippen molar-refractivity contribution >= 4 is 12.1 Å². The second kappa shape index (κ2) is 6.42. The van der Waals surface area contributed by atoms with E-state index in [2.05, 4.69) is 5.10 Å². The molecule has 2 N–H and O–H groups in total. The van der Waals surface area contributed by atoms with Gasteiger partial charge in [-0.05, 0) is 12.1 Å². The topological polar surface area (TPSA) is 61.7 Å². The van der Waals surface area contributed by atoms with Crippen LogP contribution in [0, 0.1) is 29.1 Å². The average Bonchev–Trinajstić information content (AvgIpc) is 2.54. The summed E-state index contributed by atoms with van der Waals surface area (Å²) in [5.74, 6) is -12.0. The van der Waals surface area contributed by atoms with Crippen LogP contribution in [0.4, 0.5) is 22.0 Å². The highest BCUT2D eigenvalue weighted by molar-refractivity contribution is 5.97. The zero-order chi connectivity index (χ0) is 17.1. The van der Waals surface area contributed by atoms with Crippen molar-refractivity contribution in [1.29, 1.82) is 0 Å². The van der Waals surface area contributed by atoms with Gasteiger partial charge in [0.25, 0.3) is 5.91 Å². The summed E-state index contributed by atoms with van der Waals surface area (Å²) in [5, 5.41) is 12.5. The molecule has 0 heterocycles. The number of hydrazone groups is 1. The number of carbonyl (C=O) groups is 1. The number of rotatable bonds is 3. The van der Waals surface area contributed by atoms with Gasteiger partial charge in [-0.3, -0.25) is 4.79 Å². The number of amides is 1. The molecule has 23 heavy (non-hydrogen) atoms. The number of hydrogen-bond donors (Lipinski definition) is 2. The molecule has 0 aromatic heterocycles. The molecule has 0 radical (unpaired) electrons. The van der Waals surface area contributed by atoms with Crippen molar-refractivity contribution in [2.75, 3.05) is 0 Å². The fourth-order valence-electron chi connectivity index (χ4n) is 1.62. The van der Waals surface area contributed by atoms with Crippen molar-refractivity contribution < 1.29 is 31.9 Å².